The van der Waals surface area contributed by atoms with Crippen LogP contribution in [0, 0.1) is 5.82 Å². The van der Waals surface area contributed by atoms with Crippen molar-refractivity contribution < 1.29 is 32.2 Å². The number of carboxylic acid groups (broad SMARTS) is 1. The highest BCUT2D eigenvalue weighted by atomic mass is 19.4. The third-order valence-corrected chi connectivity index (χ3v) is 5.74. The summed E-state index contributed by atoms with van der Waals surface area (Å²) in [6.07, 6.45) is 0.911. The summed E-state index contributed by atoms with van der Waals surface area (Å²) in [5.74, 6) is -1.25. The minimum atomic E-state index is -4.54. The van der Waals surface area contributed by atoms with E-state index in [0.29, 0.717) is 35.1 Å². The van der Waals surface area contributed by atoms with Gasteiger partial charge in [0.25, 0.3) is 0 Å². The Balaban J connectivity index is 1.80. The monoisotopic (exact) mass is 471 g/mol. The van der Waals surface area contributed by atoms with Crippen LogP contribution in [0.15, 0.2) is 60.9 Å². The molecule has 1 aromatic heterocycles. The lowest BCUT2D eigenvalue weighted by atomic mass is 9.83. The lowest BCUT2D eigenvalue weighted by Gasteiger charge is -2.24. The zero-order valence-electron chi connectivity index (χ0n) is 18.0. The molecule has 8 heteroatoms. The van der Waals surface area contributed by atoms with Crippen molar-refractivity contribution in [3.05, 3.63) is 94.6 Å². The average molecular weight is 471 g/mol. The van der Waals surface area contributed by atoms with E-state index in [0.717, 1.165) is 30.5 Å². The van der Waals surface area contributed by atoms with E-state index in [4.69, 9.17) is 4.74 Å². The highest BCUT2D eigenvalue weighted by Gasteiger charge is 2.32. The molecule has 0 atom stereocenters. The van der Waals surface area contributed by atoms with Crippen LogP contribution in [-0.4, -0.2) is 16.1 Å². The molecule has 1 N–H and O–H groups in total. The van der Waals surface area contributed by atoms with E-state index in [-0.39, 0.29) is 17.9 Å². The molecule has 0 radical (unpaired) electrons. The van der Waals surface area contributed by atoms with Crippen LogP contribution >= 0.6 is 0 Å². The summed E-state index contributed by atoms with van der Waals surface area (Å²) in [5, 5.41) is 9.33. The molecule has 0 amide bonds. The largest absolute Gasteiger partial charge is 0.488 e. The number of aromatic carboxylic acids is 1. The van der Waals surface area contributed by atoms with Gasteiger partial charge in [0.1, 0.15) is 18.2 Å². The summed E-state index contributed by atoms with van der Waals surface area (Å²) in [7, 11) is 0. The van der Waals surface area contributed by atoms with Crippen LogP contribution in [-0.2, 0) is 12.8 Å². The van der Waals surface area contributed by atoms with Gasteiger partial charge in [0.15, 0.2) is 0 Å². The molecular formula is C26H21F4NO3. The molecule has 0 saturated carbocycles. The van der Waals surface area contributed by atoms with Crippen molar-refractivity contribution in [3.63, 3.8) is 0 Å². The normalized spacial score (nSPS) is 14.2. The van der Waals surface area contributed by atoms with Gasteiger partial charge in [-0.15, -0.1) is 0 Å². The summed E-state index contributed by atoms with van der Waals surface area (Å²) in [6.45, 7) is 0.0529. The average Bonchev–Trinajstić information content (AvgIpc) is 2.83. The van der Waals surface area contributed by atoms with Gasteiger partial charge in [-0.05, 0) is 84.4 Å². The van der Waals surface area contributed by atoms with E-state index in [1.165, 1.54) is 36.7 Å². The van der Waals surface area contributed by atoms with E-state index in [1.54, 1.807) is 12.1 Å². The molecule has 34 heavy (non-hydrogen) atoms. The maximum Gasteiger partial charge on any atom is 0.416 e. The van der Waals surface area contributed by atoms with Crippen molar-refractivity contribution in [2.24, 2.45) is 0 Å². The second kappa shape index (κ2) is 9.67. The number of hydrogen-bond donors (Lipinski definition) is 1. The predicted molar refractivity (Wildman–Crippen MR) is 119 cm³/mol. The molecule has 176 valence electrons. The summed E-state index contributed by atoms with van der Waals surface area (Å²) in [6, 6.07) is 10.5. The molecular weight excluding hydrogens is 450 g/mol. The second-order valence-corrected chi connectivity index (χ2v) is 8.06. The van der Waals surface area contributed by atoms with Gasteiger partial charge in [-0.25, -0.2) is 9.18 Å². The minimum Gasteiger partial charge on any atom is -0.488 e. The van der Waals surface area contributed by atoms with Gasteiger partial charge >= 0.3 is 12.1 Å². The van der Waals surface area contributed by atoms with Crippen molar-refractivity contribution in [1.82, 2.24) is 4.98 Å². The van der Waals surface area contributed by atoms with Crippen molar-refractivity contribution in [1.29, 1.82) is 0 Å². The van der Waals surface area contributed by atoms with E-state index < -0.39 is 23.5 Å². The van der Waals surface area contributed by atoms with Crippen molar-refractivity contribution >= 4 is 17.1 Å². The molecule has 4 rings (SSSR count). The number of aromatic nitrogens is 1. The first-order valence-corrected chi connectivity index (χ1v) is 10.7. The fourth-order valence-corrected chi connectivity index (χ4v) is 4.05. The molecule has 0 bridgehead atoms. The van der Waals surface area contributed by atoms with Gasteiger partial charge in [0, 0.05) is 18.0 Å². The third-order valence-electron chi connectivity index (χ3n) is 5.74. The van der Waals surface area contributed by atoms with Gasteiger partial charge < -0.3 is 9.84 Å². The molecule has 1 aliphatic carbocycles. The topological polar surface area (TPSA) is 59.4 Å². The van der Waals surface area contributed by atoms with Crippen LogP contribution in [0.5, 0.6) is 5.75 Å². The first-order chi connectivity index (χ1) is 16.2. The first kappa shape index (κ1) is 23.5. The molecule has 0 unspecified atom stereocenters. The lowest BCUT2D eigenvalue weighted by Crippen LogP contribution is -2.09. The Hall–Kier alpha value is -3.68. The zero-order chi connectivity index (χ0) is 24.3. The summed E-state index contributed by atoms with van der Waals surface area (Å²) in [5.41, 5.74) is 2.19. The molecule has 1 heterocycles. The number of allylic oxidation sites excluding steroid dienone is 2. The molecule has 0 saturated heterocycles. The standard InChI is InChI=1S/C26H21F4NO3/c27-20-8-5-16(6-9-20)15-34-24-10-7-19(26(28,29)30)12-23(24)22-4-2-1-3-21(22)17-11-18(25(32)33)14-31-13-17/h5-14H,1-4,15H2,(H,32,33). The molecule has 4 nitrogen and oxygen atoms in total. The molecule has 0 aliphatic heterocycles. The highest BCUT2D eigenvalue weighted by Crippen LogP contribution is 2.43. The Morgan fingerprint density at radius 3 is 2.35 bits per heavy atom. The minimum absolute atomic E-state index is 0.00625. The summed E-state index contributed by atoms with van der Waals surface area (Å²) in [4.78, 5) is 15.4. The van der Waals surface area contributed by atoms with Crippen LogP contribution in [0.25, 0.3) is 11.1 Å². The number of ether oxygens (including phenoxy) is 1. The number of carbonyl (C=O) groups is 1. The molecule has 0 spiro atoms. The fourth-order valence-electron chi connectivity index (χ4n) is 4.05. The number of hydrogen-bond acceptors (Lipinski definition) is 3. The van der Waals surface area contributed by atoms with Gasteiger partial charge in [-0.3, -0.25) is 4.98 Å². The number of benzene rings is 2. The molecule has 3 aromatic rings. The quantitative estimate of drug-likeness (QED) is 0.393. The van der Waals surface area contributed by atoms with Crippen LogP contribution in [0.1, 0.15) is 58.3 Å². The Morgan fingerprint density at radius 1 is 0.971 bits per heavy atom. The maximum atomic E-state index is 13.5. The third kappa shape index (κ3) is 5.27. The van der Waals surface area contributed by atoms with Crippen molar-refractivity contribution in [2.45, 2.75) is 38.5 Å². The van der Waals surface area contributed by atoms with Crippen molar-refractivity contribution in [3.8, 4) is 5.75 Å². The predicted octanol–water partition coefficient (Wildman–Crippen LogP) is 7.00. The second-order valence-electron chi connectivity index (χ2n) is 8.06. The number of pyridine rings is 1. The number of carboxylic acids is 1. The molecule has 0 fully saturated rings. The first-order valence-electron chi connectivity index (χ1n) is 10.7. The fraction of sp³-hybridized carbons (Fsp3) is 0.231. The van der Waals surface area contributed by atoms with E-state index in [9.17, 15) is 27.5 Å². The zero-order valence-corrected chi connectivity index (χ0v) is 18.0. The molecule has 2 aromatic carbocycles. The van der Waals surface area contributed by atoms with E-state index >= 15 is 0 Å². The SMILES string of the molecule is O=C(O)c1cncc(C2=C(c3cc(C(F)(F)F)ccc3OCc3ccc(F)cc3)CCCC2)c1. The van der Waals surface area contributed by atoms with Crippen LogP contribution in [0.4, 0.5) is 17.6 Å². The Morgan fingerprint density at radius 2 is 1.68 bits per heavy atom. The Kier molecular flexibility index (Phi) is 6.68. The van der Waals surface area contributed by atoms with Gasteiger partial charge in [-0.2, -0.15) is 13.2 Å². The highest BCUT2D eigenvalue weighted by molar-refractivity contribution is 5.95. The summed E-state index contributed by atoms with van der Waals surface area (Å²) < 4.78 is 59.7. The number of alkyl halides is 3. The summed E-state index contributed by atoms with van der Waals surface area (Å²) >= 11 is 0. The van der Waals surface area contributed by atoms with Gasteiger partial charge in [0.2, 0.25) is 0 Å². The van der Waals surface area contributed by atoms with Gasteiger partial charge in [-0.1, -0.05) is 12.1 Å². The van der Waals surface area contributed by atoms with E-state index in [2.05, 4.69) is 4.98 Å². The Bertz CT molecular complexity index is 1230. The Labute approximate surface area is 193 Å². The molecule has 1 aliphatic rings. The van der Waals surface area contributed by atoms with Crippen molar-refractivity contribution in [2.75, 3.05) is 0 Å². The lowest BCUT2D eigenvalue weighted by molar-refractivity contribution is -0.137. The van der Waals surface area contributed by atoms with Crippen LogP contribution in [0.3, 0.4) is 0 Å². The smallest absolute Gasteiger partial charge is 0.416 e. The van der Waals surface area contributed by atoms with Crippen LogP contribution < -0.4 is 4.74 Å². The maximum absolute atomic E-state index is 13.5. The number of halogens is 4. The van der Waals surface area contributed by atoms with Gasteiger partial charge in [0.05, 0.1) is 11.1 Å². The number of nitrogens with zero attached hydrogens (tertiary/aromatic N) is 1. The number of rotatable bonds is 6. The van der Waals surface area contributed by atoms with E-state index in [1.807, 2.05) is 0 Å². The van der Waals surface area contributed by atoms with Crippen LogP contribution in [0.2, 0.25) is 0 Å².